The van der Waals surface area contributed by atoms with E-state index in [1.165, 1.54) is 19.3 Å². The Balaban J connectivity index is 1.65. The van der Waals surface area contributed by atoms with Crippen LogP contribution in [0.3, 0.4) is 0 Å². The van der Waals surface area contributed by atoms with Gasteiger partial charge in [0.05, 0.1) is 13.0 Å². The number of carbonyl (C=O) groups is 1. The third-order valence-electron chi connectivity index (χ3n) is 4.07. The molecule has 0 aliphatic heterocycles. The van der Waals surface area contributed by atoms with E-state index < -0.39 is 0 Å². The summed E-state index contributed by atoms with van der Waals surface area (Å²) in [5.41, 5.74) is 7.25. The quantitative estimate of drug-likeness (QED) is 0.846. The van der Waals surface area contributed by atoms with Crippen LogP contribution in [0.5, 0.6) is 5.75 Å². The number of nitrogens with two attached hydrogens (primary N) is 1. The maximum absolute atomic E-state index is 11.8. The molecule has 0 saturated heterocycles. The number of rotatable bonds is 6. The summed E-state index contributed by atoms with van der Waals surface area (Å²) in [6.45, 7) is 2.99. The number of ether oxygens (including phenoxy) is 1. The molecule has 0 atom stereocenters. The van der Waals surface area contributed by atoms with Crippen molar-refractivity contribution in [3.8, 4) is 5.75 Å². The first-order chi connectivity index (χ1) is 10.1. The molecule has 1 aliphatic carbocycles. The first kappa shape index (κ1) is 15.8. The molecular formula is C17H26N2O2. The highest BCUT2D eigenvalue weighted by Gasteiger charge is 2.27. The molecule has 1 aromatic carbocycles. The Morgan fingerprint density at radius 3 is 2.81 bits per heavy atom. The van der Waals surface area contributed by atoms with Crippen LogP contribution in [-0.2, 0) is 4.79 Å². The molecule has 0 radical (unpaired) electrons. The van der Waals surface area contributed by atoms with Crippen LogP contribution in [0.25, 0.3) is 0 Å². The summed E-state index contributed by atoms with van der Waals surface area (Å²) in [4.78, 5) is 11.8. The lowest BCUT2D eigenvalue weighted by molar-refractivity contribution is -0.121. The second-order valence-electron chi connectivity index (χ2n) is 6.11. The normalized spacial score (nSPS) is 17.2. The zero-order chi connectivity index (χ0) is 15.1. The molecule has 2 rings (SSSR count). The van der Waals surface area contributed by atoms with E-state index in [1.54, 1.807) is 0 Å². The minimum atomic E-state index is -0.203. The Bertz CT molecular complexity index is 468. The minimum absolute atomic E-state index is 0.0121. The van der Waals surface area contributed by atoms with E-state index in [2.05, 4.69) is 5.32 Å². The fraction of sp³-hybridized carbons (Fsp3) is 0.588. The maximum atomic E-state index is 11.8. The van der Waals surface area contributed by atoms with Gasteiger partial charge in [-0.25, -0.2) is 0 Å². The van der Waals surface area contributed by atoms with Gasteiger partial charge < -0.3 is 15.8 Å². The van der Waals surface area contributed by atoms with Crippen molar-refractivity contribution in [1.29, 1.82) is 0 Å². The number of amides is 1. The predicted molar refractivity (Wildman–Crippen MR) is 84.3 cm³/mol. The molecular weight excluding hydrogens is 264 g/mol. The summed E-state index contributed by atoms with van der Waals surface area (Å²) in [5, 5.41) is 2.95. The number of nitrogens with one attached hydrogen (secondary N) is 1. The number of benzene rings is 1. The summed E-state index contributed by atoms with van der Waals surface area (Å²) >= 11 is 0. The van der Waals surface area contributed by atoms with Crippen molar-refractivity contribution in [3.63, 3.8) is 0 Å². The average Bonchev–Trinajstić information content (AvgIpc) is 2.46. The first-order valence-electron chi connectivity index (χ1n) is 7.82. The predicted octanol–water partition coefficient (Wildman–Crippen LogP) is 2.54. The van der Waals surface area contributed by atoms with Gasteiger partial charge in [-0.2, -0.15) is 0 Å². The smallest absolute Gasteiger partial charge is 0.223 e. The van der Waals surface area contributed by atoms with E-state index in [-0.39, 0.29) is 11.4 Å². The van der Waals surface area contributed by atoms with Crippen molar-refractivity contribution in [3.05, 3.63) is 29.8 Å². The van der Waals surface area contributed by atoms with Crippen LogP contribution < -0.4 is 15.8 Å². The Hall–Kier alpha value is -1.55. The lowest BCUT2D eigenvalue weighted by Gasteiger charge is -2.33. The number of hydrogen-bond donors (Lipinski definition) is 2. The zero-order valence-electron chi connectivity index (χ0n) is 12.9. The molecule has 21 heavy (non-hydrogen) atoms. The van der Waals surface area contributed by atoms with E-state index in [1.807, 2.05) is 31.2 Å². The van der Waals surface area contributed by atoms with Crippen LogP contribution in [0.1, 0.15) is 44.1 Å². The molecule has 0 aromatic heterocycles. The zero-order valence-corrected chi connectivity index (χ0v) is 12.9. The monoisotopic (exact) mass is 290 g/mol. The summed E-state index contributed by atoms with van der Waals surface area (Å²) in [5.74, 6) is 0.823. The van der Waals surface area contributed by atoms with E-state index in [4.69, 9.17) is 10.5 Å². The Labute approximate surface area is 127 Å². The van der Waals surface area contributed by atoms with Crippen molar-refractivity contribution in [1.82, 2.24) is 5.32 Å². The molecule has 0 bridgehead atoms. The third-order valence-corrected chi connectivity index (χ3v) is 4.07. The molecule has 4 nitrogen and oxygen atoms in total. The topological polar surface area (TPSA) is 64.3 Å². The van der Waals surface area contributed by atoms with Gasteiger partial charge in [-0.1, -0.05) is 31.4 Å². The molecule has 0 heterocycles. The molecule has 1 saturated carbocycles. The van der Waals surface area contributed by atoms with E-state index in [0.717, 1.165) is 24.2 Å². The fourth-order valence-electron chi connectivity index (χ4n) is 2.76. The molecule has 1 fully saturated rings. The maximum Gasteiger partial charge on any atom is 0.223 e. The Morgan fingerprint density at radius 1 is 1.33 bits per heavy atom. The van der Waals surface area contributed by atoms with Gasteiger partial charge >= 0.3 is 0 Å². The van der Waals surface area contributed by atoms with Gasteiger partial charge in [0.2, 0.25) is 5.91 Å². The largest absolute Gasteiger partial charge is 0.493 e. The summed E-state index contributed by atoms with van der Waals surface area (Å²) in [7, 11) is 0. The highest BCUT2D eigenvalue weighted by molar-refractivity contribution is 5.76. The van der Waals surface area contributed by atoms with Gasteiger partial charge in [-0.05, 0) is 37.5 Å². The van der Waals surface area contributed by atoms with Crippen molar-refractivity contribution in [2.75, 3.05) is 13.2 Å². The molecule has 0 unspecified atom stereocenters. The molecule has 4 heteroatoms. The molecule has 1 aromatic rings. The summed E-state index contributed by atoms with van der Waals surface area (Å²) in [6.07, 6.45) is 5.98. The average molecular weight is 290 g/mol. The van der Waals surface area contributed by atoms with Crippen LogP contribution >= 0.6 is 0 Å². The number of hydrogen-bond acceptors (Lipinski definition) is 3. The van der Waals surface area contributed by atoms with Crippen LogP contribution in [0.15, 0.2) is 24.3 Å². The van der Waals surface area contributed by atoms with Gasteiger partial charge in [0, 0.05) is 12.1 Å². The molecule has 1 aliphatic rings. The van der Waals surface area contributed by atoms with Crippen LogP contribution in [0, 0.1) is 6.92 Å². The fourth-order valence-corrected chi connectivity index (χ4v) is 2.76. The van der Waals surface area contributed by atoms with Gasteiger partial charge in [0.25, 0.3) is 0 Å². The van der Waals surface area contributed by atoms with Crippen molar-refractivity contribution in [2.24, 2.45) is 5.73 Å². The lowest BCUT2D eigenvalue weighted by atomic mass is 9.82. The second-order valence-corrected chi connectivity index (χ2v) is 6.11. The highest BCUT2D eigenvalue weighted by Crippen LogP contribution is 2.25. The van der Waals surface area contributed by atoms with E-state index in [9.17, 15) is 4.79 Å². The van der Waals surface area contributed by atoms with Gasteiger partial charge in [0.15, 0.2) is 0 Å². The summed E-state index contributed by atoms with van der Waals surface area (Å²) in [6, 6.07) is 7.84. The lowest BCUT2D eigenvalue weighted by Crippen LogP contribution is -2.51. The summed E-state index contributed by atoms with van der Waals surface area (Å²) < 4.78 is 5.58. The highest BCUT2D eigenvalue weighted by atomic mass is 16.5. The molecule has 116 valence electrons. The molecule has 1 amide bonds. The van der Waals surface area contributed by atoms with Gasteiger partial charge in [0.1, 0.15) is 5.75 Å². The van der Waals surface area contributed by atoms with E-state index >= 15 is 0 Å². The van der Waals surface area contributed by atoms with E-state index in [0.29, 0.717) is 19.6 Å². The second kappa shape index (κ2) is 7.46. The Kier molecular flexibility index (Phi) is 5.62. The van der Waals surface area contributed by atoms with Crippen molar-refractivity contribution in [2.45, 2.75) is 51.0 Å². The first-order valence-corrected chi connectivity index (χ1v) is 7.82. The van der Waals surface area contributed by atoms with Gasteiger partial charge in [-0.3, -0.25) is 4.79 Å². The van der Waals surface area contributed by atoms with Crippen LogP contribution in [0.4, 0.5) is 0 Å². The third kappa shape index (κ3) is 5.38. The van der Waals surface area contributed by atoms with Crippen LogP contribution in [-0.4, -0.2) is 24.6 Å². The Morgan fingerprint density at radius 2 is 2.10 bits per heavy atom. The van der Waals surface area contributed by atoms with Crippen molar-refractivity contribution >= 4 is 5.91 Å². The minimum Gasteiger partial charge on any atom is -0.493 e. The van der Waals surface area contributed by atoms with Crippen LogP contribution in [0.2, 0.25) is 0 Å². The SMILES string of the molecule is Cc1cccc(OCCC(=O)NCC2(N)CCCCC2)c1. The standard InChI is InChI=1S/C17H26N2O2/c1-14-6-5-7-15(12-14)21-11-8-16(20)19-13-17(18)9-3-2-4-10-17/h5-7,12H,2-4,8-11,13,18H2,1H3,(H,19,20). The number of aryl methyl sites for hydroxylation is 1. The molecule has 0 spiro atoms. The number of carbonyl (C=O) groups excluding carboxylic acids is 1. The van der Waals surface area contributed by atoms with Gasteiger partial charge in [-0.15, -0.1) is 0 Å². The molecule has 3 N–H and O–H groups in total. The van der Waals surface area contributed by atoms with Crippen molar-refractivity contribution < 1.29 is 9.53 Å².